The van der Waals surface area contributed by atoms with E-state index in [9.17, 15) is 0 Å². The van der Waals surface area contributed by atoms with Gasteiger partial charge < -0.3 is 0 Å². The van der Waals surface area contributed by atoms with E-state index in [1.165, 1.54) is 25.7 Å². The molecule has 5 heteroatoms. The van der Waals surface area contributed by atoms with Crippen LogP contribution in [0.3, 0.4) is 0 Å². The van der Waals surface area contributed by atoms with E-state index in [0.29, 0.717) is 5.75 Å². The Morgan fingerprint density at radius 2 is 1.47 bits per heavy atom. The topological polar surface area (TPSA) is 60.7 Å². The molecule has 0 spiro atoms. The number of unbranched alkanes of at least 4 members (excludes halogenated alkanes) is 4. The minimum absolute atomic E-state index is 0.640. The molecule has 0 aliphatic heterocycles. The molecule has 0 saturated heterocycles. The van der Waals surface area contributed by atoms with Crippen LogP contribution in [0, 0.1) is 5.92 Å². The Balaban J connectivity index is 3.06. The van der Waals surface area contributed by atoms with Gasteiger partial charge in [-0.2, -0.15) is 14.7 Å². The summed E-state index contributed by atoms with van der Waals surface area (Å²) >= 11 is 0.880. The molecule has 92 valence electrons. The third kappa shape index (κ3) is 14.7. The molecular weight excluding hydrogens is 231 g/mol. The van der Waals surface area contributed by atoms with E-state index in [1.54, 1.807) is 0 Å². The van der Waals surface area contributed by atoms with Crippen molar-refractivity contribution in [3.8, 4) is 0 Å². The van der Waals surface area contributed by atoms with Crippen molar-refractivity contribution in [2.45, 2.75) is 52.4 Å². The fraction of sp³-hybridized carbons (Fsp3) is 1.00. The van der Waals surface area contributed by atoms with Gasteiger partial charge in [0.15, 0.2) is 0 Å². The highest BCUT2D eigenvalue weighted by Gasteiger charge is 2.31. The standard InChI is InChI=1S/C10H24O3PS/c1-10(2)8-6-4-3-5-7-9-15-14(11,12)13/h10-13H,3-9H2,1-2H3/q+1. The minimum atomic E-state index is -3.57. The first-order valence-corrected chi connectivity index (χ1v) is 8.87. The molecule has 0 rings (SSSR count). The second-order valence-electron chi connectivity index (χ2n) is 4.30. The van der Waals surface area contributed by atoms with Gasteiger partial charge in [-0.3, -0.25) is 0 Å². The van der Waals surface area contributed by atoms with Crippen molar-refractivity contribution in [2.24, 2.45) is 5.92 Å². The Kier molecular flexibility index (Phi) is 9.16. The van der Waals surface area contributed by atoms with E-state index < -0.39 is 7.15 Å². The lowest BCUT2D eigenvalue weighted by Gasteiger charge is -2.04. The van der Waals surface area contributed by atoms with Gasteiger partial charge in [0.25, 0.3) is 0 Å². The Hall–Kier alpha value is 0.660. The molecule has 3 N–H and O–H groups in total. The predicted octanol–water partition coefficient (Wildman–Crippen LogP) is 3.37. The summed E-state index contributed by atoms with van der Waals surface area (Å²) in [5.74, 6) is 1.44. The van der Waals surface area contributed by atoms with Crippen molar-refractivity contribution in [3.63, 3.8) is 0 Å². The van der Waals surface area contributed by atoms with Gasteiger partial charge in [-0.05, 0) is 12.3 Å². The fourth-order valence-electron chi connectivity index (χ4n) is 1.37. The van der Waals surface area contributed by atoms with Crippen LogP contribution in [-0.2, 0) is 0 Å². The van der Waals surface area contributed by atoms with Gasteiger partial charge in [-0.1, -0.05) is 46.0 Å². The van der Waals surface area contributed by atoms with Gasteiger partial charge in [0, 0.05) is 5.75 Å². The Labute approximate surface area is 97.6 Å². The summed E-state index contributed by atoms with van der Waals surface area (Å²) in [7, 11) is -3.57. The third-order valence-corrected chi connectivity index (χ3v) is 4.59. The van der Waals surface area contributed by atoms with Crippen molar-refractivity contribution in [3.05, 3.63) is 0 Å². The molecular formula is C10H24O3PS+. The van der Waals surface area contributed by atoms with Crippen molar-refractivity contribution < 1.29 is 14.7 Å². The zero-order chi connectivity index (χ0) is 11.7. The lowest BCUT2D eigenvalue weighted by molar-refractivity contribution is 0.358. The van der Waals surface area contributed by atoms with Gasteiger partial charge in [0.2, 0.25) is 0 Å². The van der Waals surface area contributed by atoms with Crippen molar-refractivity contribution in [1.29, 1.82) is 0 Å². The molecule has 0 aliphatic carbocycles. The molecule has 0 aliphatic rings. The van der Waals surface area contributed by atoms with Crippen molar-refractivity contribution in [1.82, 2.24) is 0 Å². The summed E-state index contributed by atoms with van der Waals surface area (Å²) in [6.45, 7) is 4.48. The van der Waals surface area contributed by atoms with E-state index in [1.807, 2.05) is 0 Å². The van der Waals surface area contributed by atoms with Crippen LogP contribution >= 0.6 is 18.5 Å². The van der Waals surface area contributed by atoms with Gasteiger partial charge >= 0.3 is 7.15 Å². The Morgan fingerprint density at radius 1 is 0.933 bits per heavy atom. The number of hydrogen-bond donors (Lipinski definition) is 3. The third-order valence-electron chi connectivity index (χ3n) is 2.19. The maximum absolute atomic E-state index is 8.70. The lowest BCUT2D eigenvalue weighted by atomic mass is 10.0. The zero-order valence-electron chi connectivity index (χ0n) is 9.72. The first-order chi connectivity index (χ1) is 6.92. The van der Waals surface area contributed by atoms with E-state index in [-0.39, 0.29) is 0 Å². The second-order valence-corrected chi connectivity index (χ2v) is 8.23. The van der Waals surface area contributed by atoms with Gasteiger partial charge in [-0.25, -0.2) is 0 Å². The molecule has 0 bridgehead atoms. The Bertz CT molecular complexity index is 148. The SMILES string of the molecule is CC(C)CCCCCCCS[P+](O)(O)O. The highest BCUT2D eigenvalue weighted by atomic mass is 32.7. The van der Waals surface area contributed by atoms with Crippen LogP contribution < -0.4 is 0 Å². The summed E-state index contributed by atoms with van der Waals surface area (Å²) in [5, 5.41) is 0. The summed E-state index contributed by atoms with van der Waals surface area (Å²) in [4.78, 5) is 26.1. The smallest absolute Gasteiger partial charge is 0.183 e. The fourth-order valence-corrected chi connectivity index (χ4v) is 3.07. The van der Waals surface area contributed by atoms with E-state index >= 15 is 0 Å². The molecule has 15 heavy (non-hydrogen) atoms. The lowest BCUT2D eigenvalue weighted by Crippen LogP contribution is -1.88. The van der Waals surface area contributed by atoms with Crippen molar-refractivity contribution in [2.75, 3.05) is 5.75 Å². The van der Waals surface area contributed by atoms with Gasteiger partial charge in [0.05, 0.1) is 0 Å². The second kappa shape index (κ2) is 8.77. The average Bonchev–Trinajstić information content (AvgIpc) is 2.07. The van der Waals surface area contributed by atoms with Crippen LogP contribution in [0.2, 0.25) is 0 Å². The maximum Gasteiger partial charge on any atom is 0.473 e. The molecule has 0 saturated carbocycles. The first-order valence-electron chi connectivity index (χ1n) is 5.63. The van der Waals surface area contributed by atoms with Crippen LogP contribution in [0.15, 0.2) is 0 Å². The first kappa shape index (κ1) is 15.7. The molecule has 0 aromatic carbocycles. The average molecular weight is 255 g/mol. The predicted molar refractivity (Wildman–Crippen MR) is 68.6 cm³/mol. The van der Waals surface area contributed by atoms with Gasteiger partial charge in [-0.15, -0.1) is 0 Å². The monoisotopic (exact) mass is 255 g/mol. The van der Waals surface area contributed by atoms with Crippen LogP contribution in [-0.4, -0.2) is 20.4 Å². The minimum Gasteiger partial charge on any atom is -0.183 e. The highest BCUT2D eigenvalue weighted by molar-refractivity contribution is 8.56. The molecule has 0 unspecified atom stereocenters. The Morgan fingerprint density at radius 3 is 2.00 bits per heavy atom. The highest BCUT2D eigenvalue weighted by Crippen LogP contribution is 2.58. The molecule has 0 aromatic heterocycles. The molecule has 0 heterocycles. The van der Waals surface area contributed by atoms with Crippen LogP contribution in [0.25, 0.3) is 0 Å². The van der Waals surface area contributed by atoms with Gasteiger partial charge in [0.1, 0.15) is 11.4 Å². The van der Waals surface area contributed by atoms with Crippen LogP contribution in [0.4, 0.5) is 0 Å². The largest absolute Gasteiger partial charge is 0.473 e. The summed E-state index contributed by atoms with van der Waals surface area (Å²) in [5.41, 5.74) is 0. The van der Waals surface area contributed by atoms with E-state index in [0.717, 1.165) is 30.1 Å². The van der Waals surface area contributed by atoms with Crippen LogP contribution in [0.1, 0.15) is 52.4 Å². The zero-order valence-corrected chi connectivity index (χ0v) is 11.4. The number of rotatable bonds is 9. The summed E-state index contributed by atoms with van der Waals surface area (Å²) in [6.07, 6.45) is 7.14. The molecule has 0 radical (unpaired) electrons. The number of hydrogen-bond acceptors (Lipinski definition) is 4. The molecule has 3 nitrogen and oxygen atoms in total. The molecule has 0 amide bonds. The summed E-state index contributed by atoms with van der Waals surface area (Å²) < 4.78 is 0. The maximum atomic E-state index is 8.70. The molecule has 0 fully saturated rings. The normalized spacial score (nSPS) is 12.4. The van der Waals surface area contributed by atoms with Crippen molar-refractivity contribution >= 4 is 18.5 Å². The van der Waals surface area contributed by atoms with Crippen LogP contribution in [0.5, 0.6) is 0 Å². The quantitative estimate of drug-likeness (QED) is 0.436. The van der Waals surface area contributed by atoms with E-state index in [2.05, 4.69) is 13.8 Å². The molecule has 0 aromatic rings. The van der Waals surface area contributed by atoms with E-state index in [4.69, 9.17) is 14.7 Å². The molecule has 0 atom stereocenters. The summed E-state index contributed by atoms with van der Waals surface area (Å²) in [6, 6.07) is 0.